The lowest BCUT2D eigenvalue weighted by atomic mass is 9.91. The molecule has 24 heavy (non-hydrogen) atoms. The van der Waals surface area contributed by atoms with Gasteiger partial charge in [0.25, 0.3) is 0 Å². The van der Waals surface area contributed by atoms with E-state index in [2.05, 4.69) is 0 Å². The second kappa shape index (κ2) is 7.77. The van der Waals surface area contributed by atoms with Crippen LogP contribution in [0, 0.1) is 5.41 Å². The summed E-state index contributed by atoms with van der Waals surface area (Å²) in [6.45, 7) is 1.53. The Labute approximate surface area is 142 Å². The van der Waals surface area contributed by atoms with Crippen LogP contribution in [0.4, 0.5) is 0 Å². The molecule has 0 saturated carbocycles. The van der Waals surface area contributed by atoms with E-state index < -0.39 is 5.92 Å². The van der Waals surface area contributed by atoms with Crippen LogP contribution in [-0.2, 0) is 9.53 Å². The quantitative estimate of drug-likeness (QED) is 0.521. The van der Waals surface area contributed by atoms with E-state index >= 15 is 0 Å². The second-order valence-corrected chi connectivity index (χ2v) is 6.06. The lowest BCUT2D eigenvalue weighted by Crippen LogP contribution is -2.37. The predicted octanol–water partition coefficient (Wildman–Crippen LogP) is 3.43. The molecule has 0 atom stereocenters. The van der Waals surface area contributed by atoms with Crippen LogP contribution in [0.25, 0.3) is 0 Å². The summed E-state index contributed by atoms with van der Waals surface area (Å²) in [5.74, 6) is -0.589. The molecule has 0 aliphatic carbocycles. The standard InChI is InChI=1S/C20H22N2O2/c21-15-22-13-11-18(12-14-22)24-20(23)19(16-7-3-1-4-8-16)17-9-5-2-6-10-17/h1-10,15,18-19,21H,11-14H2. The summed E-state index contributed by atoms with van der Waals surface area (Å²) in [6.07, 6.45) is 2.84. The molecular weight excluding hydrogens is 300 g/mol. The predicted molar refractivity (Wildman–Crippen MR) is 94.2 cm³/mol. The molecule has 0 aromatic heterocycles. The molecule has 1 aliphatic rings. The Balaban J connectivity index is 1.76. The molecule has 2 aromatic carbocycles. The SMILES string of the molecule is N=CN1CCC(OC(=O)C(c2ccccc2)c2ccccc2)CC1. The van der Waals surface area contributed by atoms with E-state index in [4.69, 9.17) is 10.1 Å². The topological polar surface area (TPSA) is 53.4 Å². The Morgan fingerprint density at radius 2 is 1.50 bits per heavy atom. The maximum absolute atomic E-state index is 12.9. The summed E-state index contributed by atoms with van der Waals surface area (Å²) in [5, 5.41) is 7.29. The van der Waals surface area contributed by atoms with Crippen molar-refractivity contribution >= 4 is 12.3 Å². The summed E-state index contributed by atoms with van der Waals surface area (Å²) in [6, 6.07) is 19.6. The molecule has 2 aromatic rings. The number of nitrogens with one attached hydrogen (secondary N) is 1. The molecule has 0 amide bonds. The highest BCUT2D eigenvalue weighted by atomic mass is 16.5. The molecule has 124 valence electrons. The fourth-order valence-electron chi connectivity index (χ4n) is 3.11. The number of benzene rings is 2. The van der Waals surface area contributed by atoms with Crippen molar-refractivity contribution in [1.82, 2.24) is 4.90 Å². The maximum atomic E-state index is 12.9. The zero-order chi connectivity index (χ0) is 16.8. The average molecular weight is 322 g/mol. The molecule has 1 saturated heterocycles. The molecule has 1 fully saturated rings. The van der Waals surface area contributed by atoms with Gasteiger partial charge in [0.05, 0.1) is 6.34 Å². The van der Waals surface area contributed by atoms with Crippen molar-refractivity contribution in [2.75, 3.05) is 13.1 Å². The first-order valence-corrected chi connectivity index (χ1v) is 8.33. The van der Waals surface area contributed by atoms with Crippen molar-refractivity contribution in [2.24, 2.45) is 0 Å². The van der Waals surface area contributed by atoms with Gasteiger partial charge in [-0.15, -0.1) is 0 Å². The summed E-state index contributed by atoms with van der Waals surface area (Å²) in [5.41, 5.74) is 1.90. The van der Waals surface area contributed by atoms with Crippen molar-refractivity contribution in [2.45, 2.75) is 24.9 Å². The van der Waals surface area contributed by atoms with Crippen LogP contribution in [-0.4, -0.2) is 36.4 Å². The van der Waals surface area contributed by atoms with Crippen molar-refractivity contribution in [3.05, 3.63) is 71.8 Å². The lowest BCUT2D eigenvalue weighted by Gasteiger charge is -2.31. The molecule has 4 heteroatoms. The number of carbonyl (C=O) groups is 1. The Kier molecular flexibility index (Phi) is 5.26. The number of likely N-dealkylation sites (tertiary alicyclic amines) is 1. The fourth-order valence-corrected chi connectivity index (χ4v) is 3.11. The smallest absolute Gasteiger partial charge is 0.318 e. The number of esters is 1. The van der Waals surface area contributed by atoms with Gasteiger partial charge in [-0.05, 0) is 11.1 Å². The van der Waals surface area contributed by atoms with E-state index in [1.807, 2.05) is 65.6 Å². The van der Waals surface area contributed by atoms with Gasteiger partial charge in [-0.1, -0.05) is 60.7 Å². The van der Waals surface area contributed by atoms with Gasteiger partial charge in [0, 0.05) is 25.9 Å². The van der Waals surface area contributed by atoms with Crippen LogP contribution < -0.4 is 0 Å². The van der Waals surface area contributed by atoms with Gasteiger partial charge in [-0.2, -0.15) is 0 Å². The van der Waals surface area contributed by atoms with Gasteiger partial charge in [0.2, 0.25) is 0 Å². The van der Waals surface area contributed by atoms with Crippen LogP contribution >= 0.6 is 0 Å². The molecule has 3 rings (SSSR count). The Bertz CT molecular complexity index is 625. The minimum absolute atomic E-state index is 0.0661. The molecule has 1 N–H and O–H groups in total. The largest absolute Gasteiger partial charge is 0.462 e. The third-order valence-corrected chi connectivity index (χ3v) is 4.44. The molecule has 0 spiro atoms. The van der Waals surface area contributed by atoms with Gasteiger partial charge >= 0.3 is 5.97 Å². The first-order chi connectivity index (χ1) is 11.8. The monoisotopic (exact) mass is 322 g/mol. The number of hydrogen-bond acceptors (Lipinski definition) is 3. The molecular formula is C20H22N2O2. The van der Waals surface area contributed by atoms with Gasteiger partial charge in [0.15, 0.2) is 0 Å². The third kappa shape index (κ3) is 3.82. The highest BCUT2D eigenvalue weighted by molar-refractivity contribution is 5.82. The number of carbonyl (C=O) groups excluding carboxylic acids is 1. The number of rotatable bonds is 5. The fraction of sp³-hybridized carbons (Fsp3) is 0.300. The zero-order valence-corrected chi connectivity index (χ0v) is 13.6. The molecule has 1 aliphatic heterocycles. The van der Waals surface area contributed by atoms with Crippen molar-refractivity contribution < 1.29 is 9.53 Å². The Hall–Kier alpha value is -2.62. The number of nitrogens with zero attached hydrogens (tertiary/aromatic N) is 1. The van der Waals surface area contributed by atoms with Gasteiger partial charge in [-0.25, -0.2) is 0 Å². The van der Waals surface area contributed by atoms with Crippen molar-refractivity contribution in [3.63, 3.8) is 0 Å². The minimum atomic E-state index is -0.395. The number of ether oxygens (including phenoxy) is 1. The van der Waals surface area contributed by atoms with E-state index in [1.54, 1.807) is 0 Å². The molecule has 0 unspecified atom stereocenters. The minimum Gasteiger partial charge on any atom is -0.462 e. The van der Waals surface area contributed by atoms with Crippen LogP contribution in [0.2, 0.25) is 0 Å². The highest BCUT2D eigenvalue weighted by Crippen LogP contribution is 2.27. The van der Waals surface area contributed by atoms with E-state index in [1.165, 1.54) is 6.34 Å². The van der Waals surface area contributed by atoms with Crippen LogP contribution in [0.5, 0.6) is 0 Å². The third-order valence-electron chi connectivity index (χ3n) is 4.44. The Morgan fingerprint density at radius 3 is 1.96 bits per heavy atom. The van der Waals surface area contributed by atoms with E-state index in [-0.39, 0.29) is 12.1 Å². The normalized spacial score (nSPS) is 15.3. The van der Waals surface area contributed by atoms with Crippen molar-refractivity contribution in [3.8, 4) is 0 Å². The van der Waals surface area contributed by atoms with E-state index in [9.17, 15) is 4.79 Å². The number of hydrogen-bond donors (Lipinski definition) is 1. The first-order valence-electron chi connectivity index (χ1n) is 8.33. The van der Waals surface area contributed by atoms with Gasteiger partial charge in [0.1, 0.15) is 12.0 Å². The summed E-state index contributed by atoms with van der Waals surface area (Å²) < 4.78 is 5.81. The highest BCUT2D eigenvalue weighted by Gasteiger charge is 2.28. The van der Waals surface area contributed by atoms with Crippen LogP contribution in [0.15, 0.2) is 60.7 Å². The molecule has 0 bridgehead atoms. The summed E-state index contributed by atoms with van der Waals surface area (Å²) in [7, 11) is 0. The summed E-state index contributed by atoms with van der Waals surface area (Å²) >= 11 is 0. The molecule has 1 heterocycles. The van der Waals surface area contributed by atoms with E-state index in [0.29, 0.717) is 0 Å². The first kappa shape index (κ1) is 16.2. The molecule has 0 radical (unpaired) electrons. The Morgan fingerprint density at radius 1 is 1.00 bits per heavy atom. The molecule has 4 nitrogen and oxygen atoms in total. The average Bonchev–Trinajstić information content (AvgIpc) is 2.64. The van der Waals surface area contributed by atoms with Crippen LogP contribution in [0.1, 0.15) is 29.9 Å². The van der Waals surface area contributed by atoms with Crippen LogP contribution in [0.3, 0.4) is 0 Å². The van der Waals surface area contributed by atoms with Crippen molar-refractivity contribution in [1.29, 1.82) is 5.41 Å². The van der Waals surface area contributed by atoms with Gasteiger partial charge < -0.3 is 9.64 Å². The maximum Gasteiger partial charge on any atom is 0.318 e. The summed E-state index contributed by atoms with van der Waals surface area (Å²) in [4.78, 5) is 14.8. The number of piperidine rings is 1. The zero-order valence-electron chi connectivity index (χ0n) is 13.6. The van der Waals surface area contributed by atoms with E-state index in [0.717, 1.165) is 37.1 Å². The second-order valence-electron chi connectivity index (χ2n) is 6.06. The van der Waals surface area contributed by atoms with Gasteiger partial charge in [-0.3, -0.25) is 10.2 Å². The lowest BCUT2D eigenvalue weighted by molar-refractivity contribution is -0.151.